The molecule has 0 unspecified atom stereocenters. The lowest BCUT2D eigenvalue weighted by molar-refractivity contribution is 0.660. The second-order valence-corrected chi connectivity index (χ2v) is 13.7. The number of benzene rings is 6. The van der Waals surface area contributed by atoms with E-state index >= 15 is 0 Å². The van der Waals surface area contributed by atoms with Crippen molar-refractivity contribution < 1.29 is 0 Å². The predicted octanol–water partition coefficient (Wildman–Crippen LogP) is 11.2. The fourth-order valence-corrected chi connectivity index (χ4v) is 8.99. The first-order chi connectivity index (χ1) is 21.6. The van der Waals surface area contributed by atoms with Gasteiger partial charge in [-0.25, -0.2) is 0 Å². The van der Waals surface area contributed by atoms with Gasteiger partial charge < -0.3 is 0 Å². The van der Waals surface area contributed by atoms with Gasteiger partial charge in [0.25, 0.3) is 0 Å². The maximum absolute atomic E-state index is 2.51. The molecule has 0 N–H and O–H groups in total. The monoisotopic (exact) mass is 580 g/mol. The van der Waals surface area contributed by atoms with Crippen LogP contribution in [0.15, 0.2) is 143 Å². The molecule has 0 spiro atoms. The molecule has 6 aromatic carbocycles. The summed E-state index contributed by atoms with van der Waals surface area (Å²) in [6.45, 7) is 4.69. The summed E-state index contributed by atoms with van der Waals surface area (Å²) >= 11 is 1.87. The summed E-state index contributed by atoms with van der Waals surface area (Å²) in [5.74, 6) is 0. The summed E-state index contributed by atoms with van der Waals surface area (Å²) in [5, 5.41) is 3.91. The molecule has 3 heteroatoms. The van der Waals surface area contributed by atoms with Crippen molar-refractivity contribution in [1.82, 2.24) is 9.13 Å². The van der Waals surface area contributed by atoms with E-state index in [1.54, 1.807) is 0 Å². The molecule has 0 fully saturated rings. The molecule has 10 rings (SSSR count). The molecule has 0 atom stereocenters. The molecule has 0 saturated carbocycles. The fourth-order valence-electron chi connectivity index (χ4n) is 7.89. The molecule has 8 aromatic rings. The quantitative estimate of drug-likeness (QED) is 0.198. The summed E-state index contributed by atoms with van der Waals surface area (Å²) in [6, 6.07) is 49.5. The zero-order valence-corrected chi connectivity index (χ0v) is 25.3. The molecule has 1 aliphatic heterocycles. The van der Waals surface area contributed by atoms with Crippen LogP contribution in [0.2, 0.25) is 0 Å². The van der Waals surface area contributed by atoms with Gasteiger partial charge in [0.05, 0.1) is 16.7 Å². The number of hydrogen-bond acceptors (Lipinski definition) is 1. The second-order valence-electron chi connectivity index (χ2n) is 12.6. The van der Waals surface area contributed by atoms with E-state index in [4.69, 9.17) is 0 Å². The van der Waals surface area contributed by atoms with Gasteiger partial charge in [0.15, 0.2) is 0 Å². The first kappa shape index (κ1) is 24.5. The molecule has 0 saturated heterocycles. The van der Waals surface area contributed by atoms with Crippen LogP contribution in [0.5, 0.6) is 0 Å². The number of nitrogens with zero attached hydrogens (tertiary/aromatic N) is 2. The number of aromatic nitrogens is 2. The summed E-state index contributed by atoms with van der Waals surface area (Å²) in [4.78, 5) is 2.60. The Morgan fingerprint density at radius 1 is 0.545 bits per heavy atom. The Hall–Kier alpha value is -4.99. The highest BCUT2D eigenvalue weighted by atomic mass is 32.2. The molecular weight excluding hydrogens is 553 g/mol. The van der Waals surface area contributed by atoms with Gasteiger partial charge in [0, 0.05) is 37.1 Å². The molecule has 3 heterocycles. The van der Waals surface area contributed by atoms with E-state index in [9.17, 15) is 0 Å². The van der Waals surface area contributed by atoms with Crippen molar-refractivity contribution in [2.24, 2.45) is 0 Å². The second kappa shape index (κ2) is 8.56. The van der Waals surface area contributed by atoms with Crippen LogP contribution in [0.4, 0.5) is 0 Å². The van der Waals surface area contributed by atoms with Crippen molar-refractivity contribution in [3.63, 3.8) is 0 Å². The van der Waals surface area contributed by atoms with Gasteiger partial charge in [0.2, 0.25) is 0 Å². The van der Waals surface area contributed by atoms with Gasteiger partial charge in [-0.15, -0.1) is 0 Å². The van der Waals surface area contributed by atoms with E-state index in [1.807, 2.05) is 11.8 Å². The van der Waals surface area contributed by atoms with E-state index in [1.165, 1.54) is 87.4 Å². The Labute approximate surface area is 260 Å². The summed E-state index contributed by atoms with van der Waals surface area (Å²) in [5.41, 5.74) is 14.2. The minimum absolute atomic E-state index is 0.00644. The Kier molecular flexibility index (Phi) is 4.75. The van der Waals surface area contributed by atoms with Crippen molar-refractivity contribution in [3.8, 4) is 33.6 Å². The fraction of sp³-hybridized carbons (Fsp3) is 0.0732. The van der Waals surface area contributed by atoms with Crippen molar-refractivity contribution >= 4 is 44.6 Å². The van der Waals surface area contributed by atoms with Crippen LogP contribution in [0.1, 0.15) is 25.0 Å². The van der Waals surface area contributed by atoms with Crippen molar-refractivity contribution in [3.05, 3.63) is 145 Å². The highest BCUT2D eigenvalue weighted by Crippen LogP contribution is 2.51. The van der Waals surface area contributed by atoms with Crippen LogP contribution in [0.25, 0.3) is 66.5 Å². The van der Waals surface area contributed by atoms with E-state index in [0.717, 1.165) is 0 Å². The minimum Gasteiger partial charge on any atom is -0.295 e. The lowest BCUT2D eigenvalue weighted by atomic mass is 9.82. The zero-order chi connectivity index (χ0) is 29.2. The van der Waals surface area contributed by atoms with Crippen LogP contribution in [0.3, 0.4) is 0 Å². The molecule has 1 aliphatic carbocycles. The molecule has 2 aromatic heterocycles. The highest BCUT2D eigenvalue weighted by Gasteiger charge is 2.35. The molecule has 2 nitrogen and oxygen atoms in total. The lowest BCUT2D eigenvalue weighted by Crippen LogP contribution is -2.14. The zero-order valence-electron chi connectivity index (χ0n) is 24.5. The Morgan fingerprint density at radius 3 is 2.18 bits per heavy atom. The third-order valence-electron chi connectivity index (χ3n) is 9.90. The van der Waals surface area contributed by atoms with Crippen molar-refractivity contribution in [2.45, 2.75) is 29.1 Å². The molecule has 0 bridgehead atoms. The average molecular weight is 581 g/mol. The summed E-state index contributed by atoms with van der Waals surface area (Å²) in [6.07, 6.45) is 0. The maximum Gasteiger partial charge on any atom is 0.131 e. The number of rotatable bonds is 2. The van der Waals surface area contributed by atoms with Gasteiger partial charge in [-0.3, -0.25) is 9.13 Å². The largest absolute Gasteiger partial charge is 0.295 e. The summed E-state index contributed by atoms with van der Waals surface area (Å²) < 4.78 is 4.99. The number of para-hydroxylation sites is 3. The maximum atomic E-state index is 2.51. The topological polar surface area (TPSA) is 9.86 Å². The average Bonchev–Trinajstić information content (AvgIpc) is 3.66. The molecule has 2 aliphatic rings. The molecule has 0 radical (unpaired) electrons. The lowest BCUT2D eigenvalue weighted by Gasteiger charge is -2.21. The van der Waals surface area contributed by atoms with Crippen molar-refractivity contribution in [2.75, 3.05) is 0 Å². The van der Waals surface area contributed by atoms with Crippen LogP contribution < -0.4 is 0 Å². The predicted molar refractivity (Wildman–Crippen MR) is 185 cm³/mol. The highest BCUT2D eigenvalue weighted by molar-refractivity contribution is 7.99. The standard InChI is InChI=1S/C41H28N2S/c1-41(2)32-15-7-6-13-28(32)31-23-25(20-22-33(31)41)26-19-21-29-35(24-26)42(27-11-4-3-5-12-27)40-38(29)30-14-10-18-37-39(30)43(40)34-16-8-9-17-36(34)44-37/h3-24H,1-2H3. The molecule has 0 amide bonds. The van der Waals surface area contributed by atoms with E-state index < -0.39 is 0 Å². The first-order valence-electron chi connectivity index (χ1n) is 15.3. The normalized spacial score (nSPS) is 14.2. The Morgan fingerprint density at radius 2 is 1.27 bits per heavy atom. The van der Waals surface area contributed by atoms with Crippen LogP contribution >= 0.6 is 11.8 Å². The molecule has 44 heavy (non-hydrogen) atoms. The molecular formula is C41H28N2S. The Balaban J connectivity index is 1.29. The van der Waals surface area contributed by atoms with Gasteiger partial charge in [-0.1, -0.05) is 117 Å². The van der Waals surface area contributed by atoms with E-state index in [0.29, 0.717) is 0 Å². The van der Waals surface area contributed by atoms with Crippen LogP contribution in [-0.4, -0.2) is 9.13 Å². The third-order valence-corrected chi connectivity index (χ3v) is 11.0. The van der Waals surface area contributed by atoms with Crippen LogP contribution in [0, 0.1) is 0 Å². The van der Waals surface area contributed by atoms with Crippen molar-refractivity contribution in [1.29, 1.82) is 0 Å². The van der Waals surface area contributed by atoms with Gasteiger partial charge in [-0.2, -0.15) is 0 Å². The summed E-state index contributed by atoms with van der Waals surface area (Å²) in [7, 11) is 0. The molecule has 208 valence electrons. The first-order valence-corrected chi connectivity index (χ1v) is 16.1. The smallest absolute Gasteiger partial charge is 0.131 e. The minimum atomic E-state index is 0.00644. The SMILES string of the molecule is CC1(C)c2ccccc2-c2cc(-c3ccc4c5c6cccc7c6n(c5n(-c5ccccc5)c4c3)-c3ccccc3S7)ccc21. The van der Waals surface area contributed by atoms with E-state index in [-0.39, 0.29) is 5.41 Å². The number of fused-ring (bicyclic) bond motifs is 10. The van der Waals surface area contributed by atoms with E-state index in [2.05, 4.69) is 156 Å². The third kappa shape index (κ3) is 3.07. The number of hydrogen-bond donors (Lipinski definition) is 0. The van der Waals surface area contributed by atoms with Crippen LogP contribution in [-0.2, 0) is 5.41 Å². The Bertz CT molecular complexity index is 2490. The van der Waals surface area contributed by atoms with Gasteiger partial charge in [-0.05, 0) is 75.8 Å². The van der Waals surface area contributed by atoms with Gasteiger partial charge >= 0.3 is 0 Å². The van der Waals surface area contributed by atoms with Gasteiger partial charge in [0.1, 0.15) is 5.65 Å².